The lowest BCUT2D eigenvalue weighted by Gasteiger charge is -2.24. The number of hydrogen-bond acceptors (Lipinski definition) is 7. The van der Waals surface area contributed by atoms with Crippen LogP contribution in [0.3, 0.4) is 0 Å². The number of allylic oxidation sites excluding steroid dienone is 10. The molecular formula is C78H147NO8P+. The maximum Gasteiger partial charge on any atom is 0.472 e. The van der Waals surface area contributed by atoms with Gasteiger partial charge in [0.25, 0.3) is 0 Å². The molecule has 0 aliphatic rings. The molecule has 516 valence electrons. The highest BCUT2D eigenvalue weighted by molar-refractivity contribution is 7.47. The lowest BCUT2D eigenvalue weighted by atomic mass is 10.0. The van der Waals surface area contributed by atoms with Crippen LogP contribution in [0.5, 0.6) is 0 Å². The second kappa shape index (κ2) is 69.1. The van der Waals surface area contributed by atoms with E-state index in [1.807, 2.05) is 21.1 Å². The Hall–Kier alpha value is -2.29. The van der Waals surface area contributed by atoms with Gasteiger partial charge in [-0.1, -0.05) is 364 Å². The van der Waals surface area contributed by atoms with Gasteiger partial charge in [0.15, 0.2) is 6.10 Å². The molecule has 0 rings (SSSR count). The van der Waals surface area contributed by atoms with Crippen LogP contribution in [0.2, 0.25) is 0 Å². The van der Waals surface area contributed by atoms with Gasteiger partial charge in [0.2, 0.25) is 0 Å². The summed E-state index contributed by atoms with van der Waals surface area (Å²) in [5, 5.41) is 0. The second-order valence-corrected chi connectivity index (χ2v) is 28.5. The molecule has 0 aromatic rings. The highest BCUT2D eigenvalue weighted by Crippen LogP contribution is 2.43. The van der Waals surface area contributed by atoms with E-state index < -0.39 is 26.5 Å². The van der Waals surface area contributed by atoms with Crippen LogP contribution in [0.1, 0.15) is 373 Å². The Labute approximate surface area is 546 Å². The first-order valence-electron chi connectivity index (χ1n) is 38.0. The van der Waals surface area contributed by atoms with E-state index in [4.69, 9.17) is 18.5 Å². The van der Waals surface area contributed by atoms with E-state index in [0.717, 1.165) is 64.2 Å². The van der Waals surface area contributed by atoms with Gasteiger partial charge in [-0.2, -0.15) is 0 Å². The molecule has 0 aliphatic heterocycles. The Morgan fingerprint density at radius 2 is 0.648 bits per heavy atom. The topological polar surface area (TPSA) is 108 Å². The number of hydrogen-bond donors (Lipinski definition) is 1. The average molecular weight is 1260 g/mol. The zero-order valence-corrected chi connectivity index (χ0v) is 59.9. The summed E-state index contributed by atoms with van der Waals surface area (Å²) in [5.41, 5.74) is 0. The highest BCUT2D eigenvalue weighted by Gasteiger charge is 2.27. The van der Waals surface area contributed by atoms with Crippen molar-refractivity contribution in [1.82, 2.24) is 0 Å². The number of ether oxygens (including phenoxy) is 2. The number of esters is 2. The van der Waals surface area contributed by atoms with Crippen molar-refractivity contribution in [3.63, 3.8) is 0 Å². The molecule has 10 heteroatoms. The summed E-state index contributed by atoms with van der Waals surface area (Å²) < 4.78 is 34.8. The smallest absolute Gasteiger partial charge is 0.462 e. The summed E-state index contributed by atoms with van der Waals surface area (Å²) in [6, 6.07) is 0. The van der Waals surface area contributed by atoms with Gasteiger partial charge in [0, 0.05) is 12.8 Å². The fraction of sp³-hybridized carbons (Fsp3) is 0.846. The molecule has 88 heavy (non-hydrogen) atoms. The third-order valence-electron chi connectivity index (χ3n) is 17.1. The monoisotopic (exact) mass is 1260 g/mol. The van der Waals surface area contributed by atoms with Crippen LogP contribution in [0, 0.1) is 0 Å². The van der Waals surface area contributed by atoms with Crippen molar-refractivity contribution in [3.8, 4) is 0 Å². The minimum absolute atomic E-state index is 0.0329. The van der Waals surface area contributed by atoms with Crippen molar-refractivity contribution in [2.24, 2.45) is 0 Å². The van der Waals surface area contributed by atoms with Crippen LogP contribution >= 0.6 is 7.82 Å². The number of carbonyl (C=O) groups is 2. The van der Waals surface area contributed by atoms with Crippen LogP contribution in [0.25, 0.3) is 0 Å². The summed E-state index contributed by atoms with van der Waals surface area (Å²) in [7, 11) is 1.49. The predicted octanol–water partition coefficient (Wildman–Crippen LogP) is 24.9. The number of likely N-dealkylation sites (N-methyl/N-ethyl adjacent to an activating group) is 1. The Morgan fingerprint density at radius 1 is 0.364 bits per heavy atom. The van der Waals surface area contributed by atoms with Gasteiger partial charge in [-0.05, 0) is 57.8 Å². The van der Waals surface area contributed by atoms with Crippen molar-refractivity contribution >= 4 is 19.8 Å². The van der Waals surface area contributed by atoms with Gasteiger partial charge in [-0.25, -0.2) is 4.57 Å². The molecule has 0 heterocycles. The normalized spacial score (nSPS) is 13.4. The van der Waals surface area contributed by atoms with Crippen molar-refractivity contribution in [1.29, 1.82) is 0 Å². The lowest BCUT2D eigenvalue weighted by Crippen LogP contribution is -2.37. The van der Waals surface area contributed by atoms with Crippen molar-refractivity contribution < 1.29 is 42.1 Å². The molecule has 2 unspecified atom stereocenters. The quantitative estimate of drug-likeness (QED) is 0.0211. The van der Waals surface area contributed by atoms with Crippen LogP contribution in [-0.4, -0.2) is 74.9 Å². The molecule has 0 aliphatic carbocycles. The Bertz CT molecular complexity index is 1670. The molecular weight excluding hydrogens is 1110 g/mol. The summed E-state index contributed by atoms with van der Waals surface area (Å²) in [5.74, 6) is -0.778. The van der Waals surface area contributed by atoms with E-state index in [1.165, 1.54) is 276 Å². The maximum atomic E-state index is 12.9. The molecule has 0 aromatic carbocycles. The number of phosphoric ester groups is 1. The van der Waals surface area contributed by atoms with E-state index in [9.17, 15) is 19.0 Å². The van der Waals surface area contributed by atoms with Crippen LogP contribution in [0.4, 0.5) is 0 Å². The fourth-order valence-corrected chi connectivity index (χ4v) is 12.0. The predicted molar refractivity (Wildman–Crippen MR) is 381 cm³/mol. The van der Waals surface area contributed by atoms with E-state index in [-0.39, 0.29) is 25.6 Å². The average Bonchev–Trinajstić information content (AvgIpc) is 3.68. The highest BCUT2D eigenvalue weighted by atomic mass is 31.2. The molecule has 1 N–H and O–H groups in total. The number of rotatable bonds is 71. The molecule has 0 spiro atoms. The SMILES string of the molecule is CC/C=C\C/C=C\C/C=C\C/C=C\C/C=C\CCCCCCCCCCCCCCCCCC(=O)OC(COC(=O)CCCCCCCCCCCCCCCCCCCCCCCCCCCCCCCCCCC)COP(=O)(O)OCC[N+](C)(C)C. The molecule has 0 radical (unpaired) electrons. The van der Waals surface area contributed by atoms with Crippen molar-refractivity contribution in [2.45, 2.75) is 380 Å². The first-order valence-corrected chi connectivity index (χ1v) is 39.5. The zero-order valence-electron chi connectivity index (χ0n) is 59.0. The Kier molecular flexibility index (Phi) is 67.3. The first kappa shape index (κ1) is 85.7. The van der Waals surface area contributed by atoms with Gasteiger partial charge in [-0.15, -0.1) is 0 Å². The molecule has 0 bridgehead atoms. The van der Waals surface area contributed by atoms with E-state index in [1.54, 1.807) is 0 Å². The van der Waals surface area contributed by atoms with Crippen LogP contribution < -0.4 is 0 Å². The number of unbranched alkanes of at least 4 members (excludes halogenated alkanes) is 47. The van der Waals surface area contributed by atoms with E-state index >= 15 is 0 Å². The third-order valence-corrected chi connectivity index (χ3v) is 18.0. The molecule has 0 saturated carbocycles. The largest absolute Gasteiger partial charge is 0.472 e. The van der Waals surface area contributed by atoms with Gasteiger partial charge in [0.1, 0.15) is 19.8 Å². The van der Waals surface area contributed by atoms with Gasteiger partial charge >= 0.3 is 19.8 Å². The third kappa shape index (κ3) is 72.8. The number of nitrogens with zero attached hydrogens (tertiary/aromatic N) is 1. The number of phosphoric acid groups is 1. The van der Waals surface area contributed by atoms with E-state index in [0.29, 0.717) is 23.9 Å². The lowest BCUT2D eigenvalue weighted by molar-refractivity contribution is -0.870. The van der Waals surface area contributed by atoms with E-state index in [2.05, 4.69) is 74.6 Å². The van der Waals surface area contributed by atoms with Gasteiger partial charge in [-0.3, -0.25) is 18.6 Å². The van der Waals surface area contributed by atoms with Gasteiger partial charge < -0.3 is 18.9 Å². The standard InChI is InChI=1S/C78H146NO8P/c1-6-8-10-12-14-16-18-20-22-24-26-28-30-32-34-36-38-39-41-42-44-46-48-50-52-54-56-58-60-62-64-66-68-70-77(80)84-74-76(75-86-88(82,83)85-73-72-79(3,4)5)87-78(81)71-69-67-65-63-61-59-57-55-53-51-49-47-45-43-40-37-35-33-31-29-27-25-23-21-19-17-15-13-11-9-7-2/h9,11,15,17,21,23,27,29,33,35,76H,6-8,10,12-14,16,18-20,22,24-26,28,30-32,34,36-75H2,1-5H3/p+1/b11-9-,17-15-,23-21-,29-27-,35-33-. The zero-order chi connectivity index (χ0) is 64.1. The first-order chi connectivity index (χ1) is 43.0. The molecule has 0 amide bonds. The molecule has 2 atom stereocenters. The molecule has 0 fully saturated rings. The van der Waals surface area contributed by atoms with Crippen LogP contribution in [0.15, 0.2) is 60.8 Å². The fourth-order valence-electron chi connectivity index (χ4n) is 11.3. The van der Waals surface area contributed by atoms with Crippen molar-refractivity contribution in [2.75, 3.05) is 47.5 Å². The second-order valence-electron chi connectivity index (χ2n) is 27.0. The summed E-state index contributed by atoms with van der Waals surface area (Å²) >= 11 is 0. The van der Waals surface area contributed by atoms with Gasteiger partial charge in [0.05, 0.1) is 27.7 Å². The van der Waals surface area contributed by atoms with Crippen molar-refractivity contribution in [3.05, 3.63) is 60.8 Å². The molecule has 9 nitrogen and oxygen atoms in total. The Morgan fingerprint density at radius 3 is 0.966 bits per heavy atom. The number of quaternary nitrogens is 1. The summed E-state index contributed by atoms with van der Waals surface area (Å²) in [4.78, 5) is 35.9. The minimum Gasteiger partial charge on any atom is -0.462 e. The maximum absolute atomic E-state index is 12.9. The minimum atomic E-state index is -4.39. The van der Waals surface area contributed by atoms with Crippen LogP contribution in [-0.2, 0) is 32.7 Å². The molecule has 0 saturated heterocycles. The molecule has 0 aromatic heterocycles. The number of carbonyl (C=O) groups excluding carboxylic acids is 2. The summed E-state index contributed by atoms with van der Waals surface area (Å²) in [6.07, 6.45) is 92.1. The Balaban J connectivity index is 3.95. The summed E-state index contributed by atoms with van der Waals surface area (Å²) in [6.45, 7) is 4.39.